The largest absolute Gasteiger partial charge is 0.259 e. The molecule has 0 saturated heterocycles. The van der Waals surface area contributed by atoms with Gasteiger partial charge in [-0.15, -0.1) is 0 Å². The highest BCUT2D eigenvalue weighted by molar-refractivity contribution is 7.84. The number of hydrogen-bond acceptors (Lipinski definition) is 3. The number of nitriles is 1. The summed E-state index contributed by atoms with van der Waals surface area (Å²) < 4.78 is 11.7. The molecule has 1 atom stereocenters. The van der Waals surface area contributed by atoms with E-state index >= 15 is 0 Å². The van der Waals surface area contributed by atoms with Gasteiger partial charge in [-0.3, -0.25) is 4.21 Å². The molecular weight excluding hydrogens is 220 g/mol. The Bertz CT molecular complexity index is 398. The second-order valence-electron chi connectivity index (χ2n) is 3.62. The van der Waals surface area contributed by atoms with Crippen molar-refractivity contribution < 1.29 is 4.21 Å². The first-order valence-corrected chi connectivity index (χ1v) is 6.95. The number of nitrogens with zero attached hydrogens (tertiary/aromatic N) is 2. The molecule has 0 fully saturated rings. The van der Waals surface area contributed by atoms with Crippen LogP contribution in [0.4, 0.5) is 0 Å². The third-order valence-corrected chi connectivity index (χ3v) is 3.67. The van der Waals surface area contributed by atoms with Crippen LogP contribution in [0, 0.1) is 11.3 Å². The van der Waals surface area contributed by atoms with Gasteiger partial charge in [0.1, 0.15) is 11.8 Å². The van der Waals surface area contributed by atoms with Gasteiger partial charge in [-0.25, -0.2) is 4.98 Å². The van der Waals surface area contributed by atoms with Crippen LogP contribution < -0.4 is 0 Å². The summed E-state index contributed by atoms with van der Waals surface area (Å²) >= 11 is 0. The van der Waals surface area contributed by atoms with E-state index in [1.807, 2.05) is 12.1 Å². The minimum absolute atomic E-state index is 0.395. The van der Waals surface area contributed by atoms with Crippen molar-refractivity contribution in [3.05, 3.63) is 29.6 Å². The molecule has 0 aromatic carbocycles. The molecule has 1 unspecified atom stereocenters. The normalized spacial score (nSPS) is 12.0. The lowest BCUT2D eigenvalue weighted by Crippen LogP contribution is -2.03. The first-order valence-electron chi connectivity index (χ1n) is 5.47. The molecular formula is C12H16N2OS. The van der Waals surface area contributed by atoms with E-state index in [1.165, 1.54) is 0 Å². The second kappa shape index (κ2) is 7.13. The molecule has 0 aliphatic carbocycles. The fourth-order valence-corrected chi connectivity index (χ4v) is 2.66. The fraction of sp³-hybridized carbons (Fsp3) is 0.500. The Kier molecular flexibility index (Phi) is 5.73. The number of unbranched alkanes of at least 4 members (excludes halogenated alkanes) is 2. The van der Waals surface area contributed by atoms with Crippen molar-refractivity contribution in [3.63, 3.8) is 0 Å². The monoisotopic (exact) mass is 236 g/mol. The maximum atomic E-state index is 11.7. The summed E-state index contributed by atoms with van der Waals surface area (Å²) in [5.41, 5.74) is 1.19. The summed E-state index contributed by atoms with van der Waals surface area (Å²) in [7, 11) is -0.875. The Hall–Kier alpha value is -1.21. The summed E-state index contributed by atoms with van der Waals surface area (Å²) in [5.74, 6) is 1.16. The summed E-state index contributed by atoms with van der Waals surface area (Å²) in [6.07, 6.45) is 4.82. The standard InChI is InChI=1S/C12H16N2OS/c1-2-3-4-8-16(15)10-11-6-5-7-14-12(11)9-13/h5-7H,2-4,8,10H2,1H3. The van der Waals surface area contributed by atoms with Crippen LogP contribution in [0.5, 0.6) is 0 Å². The first-order chi connectivity index (χ1) is 7.77. The third kappa shape index (κ3) is 4.11. The van der Waals surface area contributed by atoms with Crippen LogP contribution >= 0.6 is 0 Å². The van der Waals surface area contributed by atoms with Gasteiger partial charge in [0, 0.05) is 28.3 Å². The molecule has 0 amide bonds. The maximum absolute atomic E-state index is 11.7. The Morgan fingerprint density at radius 1 is 1.50 bits per heavy atom. The van der Waals surface area contributed by atoms with Crippen LogP contribution in [0.25, 0.3) is 0 Å². The summed E-state index contributed by atoms with van der Waals surface area (Å²) in [5, 5.41) is 8.83. The summed E-state index contributed by atoms with van der Waals surface area (Å²) in [4.78, 5) is 3.95. The van der Waals surface area contributed by atoms with Gasteiger partial charge in [0.15, 0.2) is 0 Å². The van der Waals surface area contributed by atoms with E-state index < -0.39 is 10.8 Å². The molecule has 1 aromatic rings. The topological polar surface area (TPSA) is 53.8 Å². The minimum Gasteiger partial charge on any atom is -0.259 e. The van der Waals surface area contributed by atoms with E-state index in [2.05, 4.69) is 11.9 Å². The van der Waals surface area contributed by atoms with Crippen LogP contribution in [-0.2, 0) is 16.6 Å². The summed E-state index contributed by atoms with van der Waals surface area (Å²) in [6.45, 7) is 2.12. The zero-order valence-electron chi connectivity index (χ0n) is 9.48. The lowest BCUT2D eigenvalue weighted by molar-refractivity contribution is 0.675. The second-order valence-corrected chi connectivity index (χ2v) is 5.19. The van der Waals surface area contributed by atoms with Crippen molar-refractivity contribution in [1.82, 2.24) is 4.98 Å². The van der Waals surface area contributed by atoms with E-state index in [0.29, 0.717) is 17.2 Å². The maximum Gasteiger partial charge on any atom is 0.144 e. The van der Waals surface area contributed by atoms with Crippen LogP contribution in [0.2, 0.25) is 0 Å². The molecule has 0 saturated carbocycles. The number of hydrogen-bond donors (Lipinski definition) is 0. The zero-order chi connectivity index (χ0) is 11.8. The quantitative estimate of drug-likeness (QED) is 0.713. The molecule has 0 spiro atoms. The Morgan fingerprint density at radius 2 is 2.31 bits per heavy atom. The Labute approximate surface area is 99.0 Å². The molecule has 0 aliphatic rings. The highest BCUT2D eigenvalue weighted by Gasteiger charge is 2.06. The summed E-state index contributed by atoms with van der Waals surface area (Å²) in [6, 6.07) is 5.62. The molecule has 16 heavy (non-hydrogen) atoms. The zero-order valence-corrected chi connectivity index (χ0v) is 10.3. The van der Waals surface area contributed by atoms with Crippen LogP contribution in [0.1, 0.15) is 37.4 Å². The van der Waals surface area contributed by atoms with Crippen molar-refractivity contribution in [3.8, 4) is 6.07 Å². The highest BCUT2D eigenvalue weighted by atomic mass is 32.2. The SMILES string of the molecule is CCCCCS(=O)Cc1cccnc1C#N. The van der Waals surface area contributed by atoms with Gasteiger partial charge in [-0.05, 0) is 12.5 Å². The molecule has 4 heteroatoms. The molecule has 1 aromatic heterocycles. The van der Waals surface area contributed by atoms with Crippen LogP contribution in [0.15, 0.2) is 18.3 Å². The lowest BCUT2D eigenvalue weighted by atomic mass is 10.2. The van der Waals surface area contributed by atoms with Gasteiger partial charge in [-0.1, -0.05) is 25.8 Å². The third-order valence-electron chi connectivity index (χ3n) is 2.29. The lowest BCUT2D eigenvalue weighted by Gasteiger charge is -2.03. The number of aromatic nitrogens is 1. The van der Waals surface area contributed by atoms with Crippen LogP contribution in [-0.4, -0.2) is 14.9 Å². The van der Waals surface area contributed by atoms with Crippen molar-refractivity contribution in [2.24, 2.45) is 0 Å². The molecule has 1 rings (SSSR count). The van der Waals surface area contributed by atoms with Crippen molar-refractivity contribution in [1.29, 1.82) is 5.26 Å². The molecule has 0 aliphatic heterocycles. The predicted molar refractivity (Wildman–Crippen MR) is 65.2 cm³/mol. The molecule has 0 N–H and O–H groups in total. The molecule has 1 heterocycles. The number of pyridine rings is 1. The van der Waals surface area contributed by atoms with Crippen molar-refractivity contribution >= 4 is 10.8 Å². The van der Waals surface area contributed by atoms with Crippen LogP contribution in [0.3, 0.4) is 0 Å². The molecule has 3 nitrogen and oxygen atoms in total. The Morgan fingerprint density at radius 3 is 3.00 bits per heavy atom. The van der Waals surface area contributed by atoms with E-state index in [-0.39, 0.29) is 0 Å². The van der Waals surface area contributed by atoms with Gasteiger partial charge in [0.05, 0.1) is 5.75 Å². The Balaban J connectivity index is 2.53. The average molecular weight is 236 g/mol. The average Bonchev–Trinajstić information content (AvgIpc) is 2.30. The van der Waals surface area contributed by atoms with E-state index in [9.17, 15) is 4.21 Å². The van der Waals surface area contributed by atoms with Crippen molar-refractivity contribution in [2.75, 3.05) is 5.75 Å². The molecule has 0 radical (unpaired) electrons. The van der Waals surface area contributed by atoms with E-state index in [4.69, 9.17) is 5.26 Å². The highest BCUT2D eigenvalue weighted by Crippen LogP contribution is 2.08. The van der Waals surface area contributed by atoms with Gasteiger partial charge in [0.25, 0.3) is 0 Å². The molecule has 86 valence electrons. The first kappa shape index (κ1) is 12.9. The van der Waals surface area contributed by atoms with Gasteiger partial charge in [0.2, 0.25) is 0 Å². The van der Waals surface area contributed by atoms with Gasteiger partial charge >= 0.3 is 0 Å². The smallest absolute Gasteiger partial charge is 0.144 e. The van der Waals surface area contributed by atoms with Gasteiger partial charge in [-0.2, -0.15) is 5.26 Å². The fourth-order valence-electron chi connectivity index (χ4n) is 1.41. The minimum atomic E-state index is -0.875. The van der Waals surface area contributed by atoms with E-state index in [0.717, 1.165) is 24.8 Å². The number of rotatable bonds is 6. The molecule has 0 bridgehead atoms. The van der Waals surface area contributed by atoms with Gasteiger partial charge < -0.3 is 0 Å². The predicted octanol–water partition coefficient (Wildman–Crippen LogP) is 2.39. The van der Waals surface area contributed by atoms with E-state index in [1.54, 1.807) is 12.3 Å². The van der Waals surface area contributed by atoms with Crippen molar-refractivity contribution in [2.45, 2.75) is 31.9 Å².